The first-order chi connectivity index (χ1) is 8.25. The van der Waals surface area contributed by atoms with E-state index < -0.39 is 21.8 Å². The Morgan fingerprint density at radius 3 is 2.61 bits per heavy atom. The Kier molecular flexibility index (Phi) is 2.70. The molecular weight excluding hydrogens is 254 g/mol. The van der Waals surface area contributed by atoms with Crippen molar-refractivity contribution >= 4 is 15.7 Å². The Labute approximate surface area is 105 Å². The lowest BCUT2D eigenvalue weighted by atomic mass is 10.1. The van der Waals surface area contributed by atoms with E-state index in [1.54, 1.807) is 13.8 Å². The number of ether oxygens (including phenoxy) is 1. The Bertz CT molecular complexity index is 661. The van der Waals surface area contributed by atoms with Gasteiger partial charge in [-0.3, -0.25) is 4.79 Å². The molecule has 6 heteroatoms. The van der Waals surface area contributed by atoms with Crippen LogP contribution >= 0.6 is 0 Å². The molecule has 5 nitrogen and oxygen atoms in total. The first kappa shape index (κ1) is 12.6. The molecule has 0 saturated heterocycles. The molecule has 0 fully saturated rings. The van der Waals surface area contributed by atoms with Crippen LogP contribution < -0.4 is 10.5 Å². The number of fused-ring (bicyclic) bond motifs is 1. The van der Waals surface area contributed by atoms with Crippen LogP contribution in [0.15, 0.2) is 28.5 Å². The van der Waals surface area contributed by atoms with Gasteiger partial charge in [0, 0.05) is 5.56 Å². The minimum Gasteiger partial charge on any atom is -0.484 e. The van der Waals surface area contributed by atoms with Crippen LogP contribution in [0.25, 0.3) is 0 Å². The second-order valence-electron chi connectivity index (χ2n) is 4.21. The monoisotopic (exact) mass is 267 g/mol. The van der Waals surface area contributed by atoms with Gasteiger partial charge >= 0.3 is 0 Å². The van der Waals surface area contributed by atoms with Crippen molar-refractivity contribution in [3.05, 3.63) is 34.7 Å². The van der Waals surface area contributed by atoms with Crippen LogP contribution in [-0.4, -0.2) is 20.4 Å². The summed E-state index contributed by atoms with van der Waals surface area (Å²) in [6.07, 6.45) is -0.610. The highest BCUT2D eigenvalue weighted by atomic mass is 32.2. The van der Waals surface area contributed by atoms with Crippen molar-refractivity contribution in [1.82, 2.24) is 0 Å². The Balaban J connectivity index is 2.77. The van der Waals surface area contributed by atoms with E-state index in [1.165, 1.54) is 12.1 Å². The predicted octanol–water partition coefficient (Wildman–Crippen LogP) is 1.16. The van der Waals surface area contributed by atoms with Gasteiger partial charge < -0.3 is 10.5 Å². The van der Waals surface area contributed by atoms with Gasteiger partial charge in [0.05, 0.1) is 4.91 Å². The fourth-order valence-electron chi connectivity index (χ4n) is 1.85. The topological polar surface area (TPSA) is 86.5 Å². The molecule has 18 heavy (non-hydrogen) atoms. The average molecular weight is 267 g/mol. The van der Waals surface area contributed by atoms with Gasteiger partial charge in [0.15, 0.2) is 0 Å². The molecule has 1 aromatic carbocycles. The minimum atomic E-state index is -3.67. The van der Waals surface area contributed by atoms with Crippen LogP contribution in [-0.2, 0) is 9.84 Å². The number of rotatable bonds is 1. The number of benzene rings is 1. The zero-order valence-corrected chi connectivity index (χ0v) is 10.9. The van der Waals surface area contributed by atoms with Crippen LogP contribution in [0, 0.1) is 6.92 Å². The summed E-state index contributed by atoms with van der Waals surface area (Å²) in [6, 6.07) is 2.76. The molecule has 0 radical (unpaired) electrons. The van der Waals surface area contributed by atoms with Gasteiger partial charge in [0.1, 0.15) is 16.7 Å². The Morgan fingerprint density at radius 2 is 2.06 bits per heavy atom. The molecule has 0 aromatic heterocycles. The van der Waals surface area contributed by atoms with E-state index in [9.17, 15) is 13.2 Å². The third-order valence-electron chi connectivity index (χ3n) is 2.95. The van der Waals surface area contributed by atoms with E-state index in [2.05, 4.69) is 6.58 Å². The maximum Gasteiger partial charge on any atom is 0.249 e. The lowest BCUT2D eigenvalue weighted by molar-refractivity contribution is 0.0999. The molecule has 1 atom stereocenters. The van der Waals surface area contributed by atoms with Gasteiger partial charge in [-0.15, -0.1) is 0 Å². The van der Waals surface area contributed by atoms with Crippen molar-refractivity contribution in [2.24, 2.45) is 5.73 Å². The maximum atomic E-state index is 12.2. The molecule has 0 spiro atoms. The number of sulfone groups is 1. The fourth-order valence-corrected chi connectivity index (χ4v) is 3.26. The summed E-state index contributed by atoms with van der Waals surface area (Å²) in [5.41, 5.74) is 5.95. The van der Waals surface area contributed by atoms with Gasteiger partial charge in [-0.2, -0.15) is 0 Å². The van der Waals surface area contributed by atoms with E-state index in [0.29, 0.717) is 5.56 Å². The van der Waals surface area contributed by atoms with Crippen molar-refractivity contribution in [2.45, 2.75) is 24.8 Å². The van der Waals surface area contributed by atoms with Crippen LogP contribution in [0.2, 0.25) is 0 Å². The largest absolute Gasteiger partial charge is 0.484 e. The third-order valence-corrected chi connectivity index (χ3v) is 4.87. The van der Waals surface area contributed by atoms with Crippen LogP contribution in [0.3, 0.4) is 0 Å². The molecule has 0 aliphatic carbocycles. The smallest absolute Gasteiger partial charge is 0.249 e. The number of carbonyl (C=O) groups is 1. The van der Waals surface area contributed by atoms with Crippen LogP contribution in [0.5, 0.6) is 5.75 Å². The molecule has 1 unspecified atom stereocenters. The van der Waals surface area contributed by atoms with Crippen molar-refractivity contribution in [3.63, 3.8) is 0 Å². The molecule has 2 N–H and O–H groups in total. The normalized spacial score (nSPS) is 21.0. The zero-order valence-electron chi connectivity index (χ0n) is 10.1. The van der Waals surface area contributed by atoms with Gasteiger partial charge in [0.25, 0.3) is 0 Å². The summed E-state index contributed by atoms with van der Waals surface area (Å²) >= 11 is 0. The second-order valence-corrected chi connectivity index (χ2v) is 6.18. The fraction of sp³-hybridized carbons (Fsp3) is 0.250. The molecule has 1 aliphatic rings. The van der Waals surface area contributed by atoms with Crippen LogP contribution in [0.1, 0.15) is 22.8 Å². The maximum absolute atomic E-state index is 12.2. The zero-order chi connectivity index (χ0) is 13.7. The van der Waals surface area contributed by atoms with E-state index in [1.807, 2.05) is 0 Å². The van der Waals surface area contributed by atoms with Crippen molar-refractivity contribution in [3.8, 4) is 5.75 Å². The predicted molar refractivity (Wildman–Crippen MR) is 66.1 cm³/mol. The number of hydrogen-bond acceptors (Lipinski definition) is 4. The minimum absolute atomic E-state index is 0.0192. The molecule has 0 bridgehead atoms. The van der Waals surface area contributed by atoms with E-state index in [0.717, 1.165) is 0 Å². The number of carbonyl (C=O) groups excluding carboxylic acids is 1. The summed E-state index contributed by atoms with van der Waals surface area (Å²) < 4.78 is 29.8. The van der Waals surface area contributed by atoms with E-state index in [-0.39, 0.29) is 21.1 Å². The van der Waals surface area contributed by atoms with Crippen molar-refractivity contribution in [1.29, 1.82) is 0 Å². The Hall–Kier alpha value is -1.82. The molecule has 1 aromatic rings. The summed E-state index contributed by atoms with van der Waals surface area (Å²) in [4.78, 5) is 11.2. The molecule has 1 heterocycles. The molecule has 0 saturated carbocycles. The average Bonchev–Trinajstić information content (AvgIpc) is 2.25. The van der Waals surface area contributed by atoms with Gasteiger partial charge in [0.2, 0.25) is 15.7 Å². The molecule has 1 amide bonds. The third kappa shape index (κ3) is 1.69. The quantitative estimate of drug-likeness (QED) is 0.827. The highest BCUT2D eigenvalue weighted by Crippen LogP contribution is 2.37. The van der Waals surface area contributed by atoms with E-state index in [4.69, 9.17) is 10.5 Å². The molecule has 96 valence electrons. The van der Waals surface area contributed by atoms with Gasteiger partial charge in [-0.05, 0) is 31.5 Å². The first-order valence-electron chi connectivity index (χ1n) is 5.30. The number of nitrogens with two attached hydrogens (primary N) is 1. The van der Waals surface area contributed by atoms with Crippen molar-refractivity contribution < 1.29 is 17.9 Å². The molecule has 1 aliphatic heterocycles. The highest BCUT2D eigenvalue weighted by Gasteiger charge is 2.34. The number of aryl methyl sites for hydroxylation is 1. The number of primary amides is 1. The highest BCUT2D eigenvalue weighted by molar-refractivity contribution is 7.95. The summed E-state index contributed by atoms with van der Waals surface area (Å²) in [6.45, 7) is 6.80. The van der Waals surface area contributed by atoms with Gasteiger partial charge in [-0.1, -0.05) is 6.58 Å². The lowest BCUT2D eigenvalue weighted by Gasteiger charge is -2.26. The number of hydrogen-bond donors (Lipinski definition) is 1. The summed E-state index contributed by atoms with van der Waals surface area (Å²) in [5.74, 6) is -0.438. The molecular formula is C12H13NO4S. The van der Waals surface area contributed by atoms with Crippen molar-refractivity contribution in [2.75, 3.05) is 0 Å². The van der Waals surface area contributed by atoms with Crippen LogP contribution in [0.4, 0.5) is 0 Å². The number of amides is 1. The summed E-state index contributed by atoms with van der Waals surface area (Å²) in [7, 11) is -3.67. The lowest BCUT2D eigenvalue weighted by Crippen LogP contribution is -2.27. The second kappa shape index (κ2) is 3.84. The molecule has 2 rings (SSSR count). The SMILES string of the molecule is C=C1C(C)Oc2cc(C)c(C(N)=O)cc2S1(=O)=O. The first-order valence-corrected chi connectivity index (χ1v) is 6.78. The standard InChI is InChI=1S/C12H13NO4S/c1-6-4-10-11(5-9(6)12(13)14)18(15,16)8(3)7(2)17-10/h4-5,7H,3H2,1-2H3,(H2,13,14). The van der Waals surface area contributed by atoms with E-state index >= 15 is 0 Å². The van der Waals surface area contributed by atoms with Gasteiger partial charge in [-0.25, -0.2) is 8.42 Å². The Morgan fingerprint density at radius 1 is 1.44 bits per heavy atom. The summed E-state index contributed by atoms with van der Waals surface area (Å²) in [5, 5.41) is 0.